The van der Waals surface area contributed by atoms with E-state index >= 15 is 0 Å². The molecule has 3 aromatic rings. The van der Waals surface area contributed by atoms with Crippen LogP contribution in [-0.4, -0.2) is 38.7 Å². The largest absolute Gasteiger partial charge is 0.482 e. The molecular formula is C22H23N3O4S2. The van der Waals surface area contributed by atoms with Crippen LogP contribution in [-0.2, 0) is 21.2 Å². The predicted molar refractivity (Wildman–Crippen MR) is 123 cm³/mol. The van der Waals surface area contributed by atoms with Crippen LogP contribution >= 0.6 is 11.3 Å². The van der Waals surface area contributed by atoms with Gasteiger partial charge in [-0.15, -0.1) is 11.3 Å². The monoisotopic (exact) mass is 457 g/mol. The number of fused-ring (bicyclic) bond motifs is 1. The Labute approximate surface area is 185 Å². The molecule has 0 saturated carbocycles. The molecule has 1 aromatic heterocycles. The van der Waals surface area contributed by atoms with Gasteiger partial charge in [-0.3, -0.25) is 9.52 Å². The Kier molecular flexibility index (Phi) is 5.97. The summed E-state index contributed by atoms with van der Waals surface area (Å²) in [6.07, 6.45) is 1.23. The third kappa shape index (κ3) is 4.88. The average molecular weight is 458 g/mol. The summed E-state index contributed by atoms with van der Waals surface area (Å²) in [5, 5.41) is 0.339. The zero-order chi connectivity index (χ0) is 22.0. The predicted octanol–water partition coefficient (Wildman–Crippen LogP) is 3.85. The molecule has 9 heteroatoms. The molecule has 0 fully saturated rings. The van der Waals surface area contributed by atoms with Crippen molar-refractivity contribution >= 4 is 38.1 Å². The van der Waals surface area contributed by atoms with Gasteiger partial charge in [0.2, 0.25) is 10.0 Å². The maximum atomic E-state index is 12.5. The number of carbonyl (C=O) groups is 1. The molecule has 0 aliphatic carbocycles. The number of anilines is 2. The molecule has 2 aromatic carbocycles. The molecule has 0 spiro atoms. The van der Waals surface area contributed by atoms with Gasteiger partial charge < -0.3 is 9.64 Å². The molecule has 2 heterocycles. The average Bonchev–Trinajstić information content (AvgIpc) is 3.10. The number of aryl methyl sites for hydroxylation is 2. The van der Waals surface area contributed by atoms with E-state index in [1.807, 2.05) is 49.4 Å². The molecule has 1 N–H and O–H groups in total. The van der Waals surface area contributed by atoms with Gasteiger partial charge in [0, 0.05) is 17.5 Å². The Morgan fingerprint density at radius 3 is 2.74 bits per heavy atom. The number of sulfonamides is 1. The van der Waals surface area contributed by atoms with Crippen LogP contribution in [0.25, 0.3) is 11.3 Å². The van der Waals surface area contributed by atoms with Crippen molar-refractivity contribution in [3.05, 3.63) is 59.0 Å². The van der Waals surface area contributed by atoms with Gasteiger partial charge in [0.15, 0.2) is 11.7 Å². The Morgan fingerprint density at radius 1 is 1.19 bits per heavy atom. The van der Waals surface area contributed by atoms with Crippen LogP contribution in [0.3, 0.4) is 0 Å². The van der Waals surface area contributed by atoms with E-state index in [9.17, 15) is 13.2 Å². The highest BCUT2D eigenvalue weighted by Crippen LogP contribution is 2.38. The summed E-state index contributed by atoms with van der Waals surface area (Å²) in [5.74, 6) is 0.542. The van der Waals surface area contributed by atoms with Crippen molar-refractivity contribution in [2.75, 3.05) is 29.0 Å². The number of benzene rings is 2. The lowest BCUT2D eigenvalue weighted by Gasteiger charge is -2.26. The highest BCUT2D eigenvalue weighted by Gasteiger charge is 2.23. The highest BCUT2D eigenvalue weighted by molar-refractivity contribution is 7.92. The molecule has 0 unspecified atom stereocenters. The van der Waals surface area contributed by atoms with Crippen molar-refractivity contribution in [3.8, 4) is 17.0 Å². The van der Waals surface area contributed by atoms with E-state index in [0.717, 1.165) is 16.0 Å². The second-order valence-corrected chi connectivity index (χ2v) is 10.4. The summed E-state index contributed by atoms with van der Waals surface area (Å²) in [6.45, 7) is 1.92. The second kappa shape index (κ2) is 8.68. The number of thiazole rings is 1. The fourth-order valence-corrected chi connectivity index (χ4v) is 5.60. The smallest absolute Gasteiger partial charge is 0.264 e. The SMILES string of the molecule is Cc1sc(NS(=O)(=O)CCCc2ccccc2)nc1-c1ccc2c(c1)N(C)C(=O)CO2. The fourth-order valence-electron chi connectivity index (χ4n) is 3.42. The first kappa shape index (κ1) is 21.3. The molecule has 1 amide bonds. The Morgan fingerprint density at radius 2 is 1.97 bits per heavy atom. The number of aromatic nitrogens is 1. The van der Waals surface area contributed by atoms with Crippen LogP contribution in [0.5, 0.6) is 5.75 Å². The van der Waals surface area contributed by atoms with Gasteiger partial charge in [-0.2, -0.15) is 0 Å². The van der Waals surface area contributed by atoms with Gasteiger partial charge in [0.25, 0.3) is 5.91 Å². The van der Waals surface area contributed by atoms with Gasteiger partial charge in [-0.25, -0.2) is 13.4 Å². The topological polar surface area (TPSA) is 88.6 Å². The molecule has 31 heavy (non-hydrogen) atoms. The number of rotatable bonds is 7. The molecular weight excluding hydrogens is 434 g/mol. The first-order valence-electron chi connectivity index (χ1n) is 9.88. The van der Waals surface area contributed by atoms with Crippen molar-refractivity contribution in [2.24, 2.45) is 0 Å². The number of carbonyl (C=O) groups excluding carboxylic acids is 1. The minimum Gasteiger partial charge on any atom is -0.482 e. The number of hydrogen-bond acceptors (Lipinski definition) is 6. The molecule has 0 atom stereocenters. The molecule has 1 aliphatic rings. The fraction of sp³-hybridized carbons (Fsp3) is 0.273. The zero-order valence-corrected chi connectivity index (χ0v) is 18.9. The van der Waals surface area contributed by atoms with E-state index < -0.39 is 10.0 Å². The lowest BCUT2D eigenvalue weighted by molar-refractivity contribution is -0.120. The summed E-state index contributed by atoms with van der Waals surface area (Å²) >= 11 is 1.29. The van der Waals surface area contributed by atoms with Crippen LogP contribution in [0.15, 0.2) is 48.5 Å². The van der Waals surface area contributed by atoms with E-state index in [-0.39, 0.29) is 18.3 Å². The van der Waals surface area contributed by atoms with Crippen molar-refractivity contribution in [2.45, 2.75) is 19.8 Å². The summed E-state index contributed by atoms with van der Waals surface area (Å²) in [6, 6.07) is 15.3. The third-order valence-electron chi connectivity index (χ3n) is 5.08. The van der Waals surface area contributed by atoms with Crippen LogP contribution in [0.1, 0.15) is 16.9 Å². The Balaban J connectivity index is 1.47. The Hall–Kier alpha value is -2.91. The van der Waals surface area contributed by atoms with E-state index in [4.69, 9.17) is 4.74 Å². The maximum Gasteiger partial charge on any atom is 0.264 e. The quantitative estimate of drug-likeness (QED) is 0.582. The van der Waals surface area contributed by atoms with Crippen molar-refractivity contribution in [1.82, 2.24) is 4.98 Å². The molecule has 1 aliphatic heterocycles. The first-order valence-corrected chi connectivity index (χ1v) is 12.3. The van der Waals surface area contributed by atoms with Gasteiger partial charge >= 0.3 is 0 Å². The van der Waals surface area contributed by atoms with Crippen LogP contribution in [0.2, 0.25) is 0 Å². The van der Waals surface area contributed by atoms with Crippen molar-refractivity contribution < 1.29 is 17.9 Å². The molecule has 0 saturated heterocycles. The van der Waals surface area contributed by atoms with E-state index in [0.29, 0.717) is 35.1 Å². The summed E-state index contributed by atoms with van der Waals surface area (Å²) in [7, 11) is -1.79. The van der Waals surface area contributed by atoms with Crippen LogP contribution in [0.4, 0.5) is 10.8 Å². The lowest BCUT2D eigenvalue weighted by atomic mass is 10.1. The van der Waals surface area contributed by atoms with E-state index in [2.05, 4.69) is 9.71 Å². The minimum absolute atomic E-state index is 0.0226. The zero-order valence-electron chi connectivity index (χ0n) is 17.3. The second-order valence-electron chi connectivity index (χ2n) is 7.36. The van der Waals surface area contributed by atoms with Gasteiger partial charge in [-0.1, -0.05) is 30.3 Å². The number of amides is 1. The number of nitrogens with one attached hydrogen (secondary N) is 1. The first-order chi connectivity index (χ1) is 14.8. The standard InChI is InChI=1S/C22H23N3O4S2/c1-15-21(17-10-11-19-18(13-17)25(2)20(26)14-29-19)23-22(30-15)24-31(27,28)12-6-9-16-7-4-3-5-8-16/h3-5,7-8,10-11,13H,6,9,12,14H2,1-2H3,(H,23,24). The highest BCUT2D eigenvalue weighted by atomic mass is 32.2. The summed E-state index contributed by atoms with van der Waals surface area (Å²) < 4.78 is 33.1. The van der Waals surface area contributed by atoms with E-state index in [1.165, 1.54) is 11.3 Å². The summed E-state index contributed by atoms with van der Waals surface area (Å²) in [5.41, 5.74) is 3.27. The van der Waals surface area contributed by atoms with Gasteiger partial charge in [0.1, 0.15) is 5.75 Å². The molecule has 7 nitrogen and oxygen atoms in total. The minimum atomic E-state index is -3.50. The molecule has 162 valence electrons. The van der Waals surface area contributed by atoms with Gasteiger partial charge in [0.05, 0.1) is 17.1 Å². The maximum absolute atomic E-state index is 12.5. The number of hydrogen-bond donors (Lipinski definition) is 1. The van der Waals surface area contributed by atoms with Crippen molar-refractivity contribution in [3.63, 3.8) is 0 Å². The number of nitrogens with zero attached hydrogens (tertiary/aromatic N) is 2. The number of likely N-dealkylation sites (N-methyl/N-ethyl adjacent to an activating group) is 1. The number of ether oxygens (including phenoxy) is 1. The normalized spacial score (nSPS) is 13.6. The molecule has 0 bridgehead atoms. The summed E-state index contributed by atoms with van der Waals surface area (Å²) in [4.78, 5) is 18.9. The molecule has 4 rings (SSSR count). The third-order valence-corrected chi connectivity index (χ3v) is 7.43. The Bertz CT molecular complexity index is 1210. The lowest BCUT2D eigenvalue weighted by Crippen LogP contribution is -2.35. The molecule has 0 radical (unpaired) electrons. The van der Waals surface area contributed by atoms with E-state index in [1.54, 1.807) is 18.0 Å². The van der Waals surface area contributed by atoms with Crippen molar-refractivity contribution in [1.29, 1.82) is 0 Å². The van der Waals surface area contributed by atoms with Crippen LogP contribution < -0.4 is 14.4 Å². The van der Waals surface area contributed by atoms with Crippen LogP contribution in [0, 0.1) is 6.92 Å². The van der Waals surface area contributed by atoms with Gasteiger partial charge in [-0.05, 0) is 43.5 Å².